The van der Waals surface area contributed by atoms with Crippen LogP contribution >= 0.6 is 11.6 Å². The average Bonchev–Trinajstić information content (AvgIpc) is 2.40. The van der Waals surface area contributed by atoms with Gasteiger partial charge in [0.25, 0.3) is 0 Å². The molecule has 0 bridgehead atoms. The molecule has 0 saturated heterocycles. The Morgan fingerprint density at radius 3 is 2.30 bits per heavy atom. The number of hydrogen-bond acceptors (Lipinski definition) is 1. The molecule has 20 heavy (non-hydrogen) atoms. The summed E-state index contributed by atoms with van der Waals surface area (Å²) in [5.74, 6) is -0.620. The monoisotopic (exact) mass is 304 g/mol. The van der Waals surface area contributed by atoms with E-state index in [9.17, 15) is 22.7 Å². The lowest BCUT2D eigenvalue weighted by atomic mass is 9.97. The van der Waals surface area contributed by atoms with Gasteiger partial charge < -0.3 is 5.11 Å². The second kappa shape index (κ2) is 5.42. The van der Waals surface area contributed by atoms with E-state index in [0.29, 0.717) is 0 Å². The Hall–Kier alpha value is -1.59. The van der Waals surface area contributed by atoms with Crippen molar-refractivity contribution in [3.63, 3.8) is 0 Å². The lowest BCUT2D eigenvalue weighted by Crippen LogP contribution is -2.06. The van der Waals surface area contributed by atoms with Crippen LogP contribution in [0.1, 0.15) is 11.1 Å². The van der Waals surface area contributed by atoms with Crippen LogP contribution in [-0.2, 0) is 12.8 Å². The van der Waals surface area contributed by atoms with Crippen LogP contribution in [0.3, 0.4) is 0 Å². The van der Waals surface area contributed by atoms with Gasteiger partial charge in [0.1, 0.15) is 5.82 Å². The van der Waals surface area contributed by atoms with E-state index in [0.717, 1.165) is 30.3 Å². The van der Waals surface area contributed by atoms with E-state index >= 15 is 0 Å². The molecule has 0 aromatic heterocycles. The van der Waals surface area contributed by atoms with Crippen molar-refractivity contribution in [2.24, 2.45) is 0 Å². The van der Waals surface area contributed by atoms with Gasteiger partial charge in [0, 0.05) is 10.6 Å². The van der Waals surface area contributed by atoms with E-state index in [1.54, 1.807) is 0 Å². The first kappa shape index (κ1) is 14.8. The summed E-state index contributed by atoms with van der Waals surface area (Å²) in [5, 5.41) is 9.33. The second-order valence-corrected chi connectivity index (χ2v) is 4.56. The Balaban J connectivity index is 2.67. The predicted molar refractivity (Wildman–Crippen MR) is 67.8 cm³/mol. The van der Waals surface area contributed by atoms with Crippen LogP contribution in [0.4, 0.5) is 17.6 Å². The molecule has 0 aliphatic heterocycles. The minimum absolute atomic E-state index is 0.0619. The molecule has 1 nitrogen and oxygen atoms in total. The van der Waals surface area contributed by atoms with Gasteiger partial charge in [-0.3, -0.25) is 0 Å². The maximum atomic E-state index is 13.3. The highest BCUT2D eigenvalue weighted by Gasteiger charge is 2.31. The van der Waals surface area contributed by atoms with Crippen molar-refractivity contribution < 1.29 is 22.7 Å². The molecule has 2 aromatic carbocycles. The lowest BCUT2D eigenvalue weighted by molar-refractivity contribution is -0.137. The van der Waals surface area contributed by atoms with Crippen LogP contribution < -0.4 is 0 Å². The van der Waals surface area contributed by atoms with Crippen molar-refractivity contribution in [1.82, 2.24) is 0 Å². The van der Waals surface area contributed by atoms with Crippen molar-refractivity contribution in [3.05, 3.63) is 58.4 Å². The quantitative estimate of drug-likeness (QED) is 0.800. The third kappa shape index (κ3) is 2.94. The highest BCUT2D eigenvalue weighted by Crippen LogP contribution is 2.36. The van der Waals surface area contributed by atoms with Crippen LogP contribution in [0, 0.1) is 5.82 Å². The molecule has 0 aliphatic rings. The third-order valence-electron chi connectivity index (χ3n) is 2.83. The minimum Gasteiger partial charge on any atom is -0.392 e. The molecule has 0 aliphatic carbocycles. The minimum atomic E-state index is -4.53. The number of halogens is 5. The number of rotatable bonds is 2. The zero-order chi connectivity index (χ0) is 14.9. The fourth-order valence-corrected chi connectivity index (χ4v) is 2.06. The summed E-state index contributed by atoms with van der Waals surface area (Å²) in [7, 11) is 0. The number of benzene rings is 2. The first-order chi connectivity index (χ1) is 9.32. The number of aliphatic hydroxyl groups is 1. The van der Waals surface area contributed by atoms with Crippen molar-refractivity contribution in [2.75, 3.05) is 0 Å². The van der Waals surface area contributed by atoms with Gasteiger partial charge in [-0.15, -0.1) is 0 Å². The molecule has 0 unspecified atom stereocenters. The number of aliphatic hydroxyl groups excluding tert-OH is 1. The van der Waals surface area contributed by atoms with E-state index in [4.69, 9.17) is 11.6 Å². The van der Waals surface area contributed by atoms with Crippen molar-refractivity contribution in [1.29, 1.82) is 0 Å². The summed E-state index contributed by atoms with van der Waals surface area (Å²) in [4.78, 5) is 0. The second-order valence-electron chi connectivity index (χ2n) is 4.15. The Bertz CT molecular complexity index is 638. The molecule has 106 valence electrons. The first-order valence-corrected chi connectivity index (χ1v) is 5.97. The smallest absolute Gasteiger partial charge is 0.392 e. The highest BCUT2D eigenvalue weighted by molar-refractivity contribution is 6.33. The van der Waals surface area contributed by atoms with Gasteiger partial charge in [0.2, 0.25) is 0 Å². The largest absolute Gasteiger partial charge is 0.416 e. The predicted octanol–water partition coefficient (Wildman–Crippen LogP) is 4.66. The van der Waals surface area contributed by atoms with Crippen LogP contribution in [0.25, 0.3) is 11.1 Å². The molecule has 1 N–H and O–H groups in total. The molecule has 0 heterocycles. The van der Waals surface area contributed by atoms with E-state index in [2.05, 4.69) is 0 Å². The van der Waals surface area contributed by atoms with Crippen molar-refractivity contribution in [2.45, 2.75) is 12.8 Å². The third-order valence-corrected chi connectivity index (χ3v) is 3.16. The van der Waals surface area contributed by atoms with E-state index in [1.807, 2.05) is 0 Å². The molecular formula is C14H9ClF4O. The molecule has 0 spiro atoms. The Labute approximate surface area is 117 Å². The Kier molecular flexibility index (Phi) is 4.01. The Morgan fingerprint density at radius 2 is 1.70 bits per heavy atom. The summed E-state index contributed by atoms with van der Waals surface area (Å²) in [5.41, 5.74) is -0.468. The van der Waals surface area contributed by atoms with E-state index in [-0.39, 0.29) is 21.7 Å². The van der Waals surface area contributed by atoms with Gasteiger partial charge in [-0.25, -0.2) is 4.39 Å². The summed E-state index contributed by atoms with van der Waals surface area (Å²) in [6.07, 6.45) is -4.53. The highest BCUT2D eigenvalue weighted by atomic mass is 35.5. The van der Waals surface area contributed by atoms with Gasteiger partial charge in [-0.2, -0.15) is 13.2 Å². The topological polar surface area (TPSA) is 20.2 Å². The SMILES string of the molecule is OCc1ccc(C(F)(F)F)cc1-c1cc(F)ccc1Cl. The molecule has 0 atom stereocenters. The van der Waals surface area contributed by atoms with E-state index in [1.165, 1.54) is 6.07 Å². The maximum absolute atomic E-state index is 13.3. The molecule has 2 aromatic rings. The van der Waals surface area contributed by atoms with Gasteiger partial charge in [0.05, 0.1) is 12.2 Å². The van der Waals surface area contributed by atoms with Crippen molar-refractivity contribution in [3.8, 4) is 11.1 Å². The summed E-state index contributed by atoms with van der Waals surface area (Å²) in [6.45, 7) is -0.472. The Morgan fingerprint density at radius 1 is 1.00 bits per heavy atom. The first-order valence-electron chi connectivity index (χ1n) is 5.59. The molecule has 0 saturated carbocycles. The molecule has 2 rings (SSSR count). The average molecular weight is 305 g/mol. The maximum Gasteiger partial charge on any atom is 0.416 e. The standard InChI is InChI=1S/C14H9ClF4O/c15-13-4-3-10(16)6-12(13)11-5-9(14(17,18)19)2-1-8(11)7-20/h1-6,20H,7H2. The van der Waals surface area contributed by atoms with Crippen LogP contribution in [0.2, 0.25) is 5.02 Å². The van der Waals surface area contributed by atoms with Gasteiger partial charge in [-0.05, 0) is 41.5 Å². The van der Waals surface area contributed by atoms with Crippen LogP contribution in [0.15, 0.2) is 36.4 Å². The van der Waals surface area contributed by atoms with Crippen LogP contribution in [0.5, 0.6) is 0 Å². The summed E-state index contributed by atoms with van der Waals surface area (Å²) < 4.78 is 51.4. The molecular weight excluding hydrogens is 296 g/mol. The number of alkyl halides is 3. The zero-order valence-corrected chi connectivity index (χ0v) is 10.8. The summed E-state index contributed by atoms with van der Waals surface area (Å²) >= 11 is 5.90. The fraction of sp³-hybridized carbons (Fsp3) is 0.143. The normalized spacial score (nSPS) is 11.7. The van der Waals surface area contributed by atoms with Gasteiger partial charge in [-0.1, -0.05) is 17.7 Å². The van der Waals surface area contributed by atoms with Gasteiger partial charge >= 0.3 is 6.18 Å². The fourth-order valence-electron chi connectivity index (χ4n) is 1.85. The van der Waals surface area contributed by atoms with Crippen LogP contribution in [-0.4, -0.2) is 5.11 Å². The number of hydrogen-bond donors (Lipinski definition) is 1. The summed E-state index contributed by atoms with van der Waals surface area (Å²) in [6, 6.07) is 6.27. The zero-order valence-electron chi connectivity index (χ0n) is 10.0. The van der Waals surface area contributed by atoms with Crippen molar-refractivity contribution >= 4 is 11.6 Å². The molecule has 0 fully saturated rings. The molecule has 6 heteroatoms. The molecule has 0 amide bonds. The van der Waals surface area contributed by atoms with Gasteiger partial charge in [0.15, 0.2) is 0 Å². The van der Waals surface area contributed by atoms with E-state index < -0.39 is 24.2 Å². The molecule has 0 radical (unpaired) electrons. The lowest BCUT2D eigenvalue weighted by Gasteiger charge is -2.13.